The molecule has 3 aromatic rings. The van der Waals surface area contributed by atoms with Gasteiger partial charge >= 0.3 is 0 Å². The SMILES string of the molecule is O=C(CN1[C@H](Cc2ccccc2)C[C@H]2NC(=O)CCCC[C@@H]21)NCCc1nc2ccccc2[nH]1. The van der Waals surface area contributed by atoms with Crippen molar-refractivity contribution in [1.29, 1.82) is 0 Å². The number of aromatic amines is 1. The molecule has 0 aliphatic carbocycles. The van der Waals surface area contributed by atoms with Gasteiger partial charge in [-0.1, -0.05) is 48.9 Å². The molecule has 3 N–H and O–H groups in total. The lowest BCUT2D eigenvalue weighted by Gasteiger charge is -2.32. The highest BCUT2D eigenvalue weighted by Gasteiger charge is 2.42. The summed E-state index contributed by atoms with van der Waals surface area (Å²) in [5.74, 6) is 1.06. The first kappa shape index (κ1) is 22.6. The lowest BCUT2D eigenvalue weighted by Crippen LogP contribution is -2.49. The van der Waals surface area contributed by atoms with E-state index in [4.69, 9.17) is 0 Å². The fourth-order valence-electron chi connectivity index (χ4n) is 5.53. The van der Waals surface area contributed by atoms with E-state index in [1.165, 1.54) is 5.56 Å². The minimum Gasteiger partial charge on any atom is -0.355 e. The highest BCUT2D eigenvalue weighted by atomic mass is 16.2. The van der Waals surface area contributed by atoms with E-state index < -0.39 is 0 Å². The number of nitrogens with one attached hydrogen (secondary N) is 3. The Morgan fingerprint density at radius 1 is 1.09 bits per heavy atom. The Labute approximate surface area is 200 Å². The minimum atomic E-state index is 0.0307. The van der Waals surface area contributed by atoms with Crippen LogP contribution in [0.1, 0.15) is 43.5 Å². The lowest BCUT2D eigenvalue weighted by molar-refractivity contribution is -0.123. The number of amides is 2. The van der Waals surface area contributed by atoms with E-state index in [0.29, 0.717) is 25.9 Å². The normalized spacial score (nSPS) is 23.2. The summed E-state index contributed by atoms with van der Waals surface area (Å²) < 4.78 is 0. The summed E-state index contributed by atoms with van der Waals surface area (Å²) in [7, 11) is 0. The van der Waals surface area contributed by atoms with Gasteiger partial charge in [-0.15, -0.1) is 0 Å². The predicted octanol–water partition coefficient (Wildman–Crippen LogP) is 2.97. The highest BCUT2D eigenvalue weighted by molar-refractivity contribution is 5.79. The van der Waals surface area contributed by atoms with Crippen LogP contribution >= 0.6 is 0 Å². The van der Waals surface area contributed by atoms with Crippen LogP contribution in [0.3, 0.4) is 0 Å². The zero-order valence-corrected chi connectivity index (χ0v) is 19.5. The molecule has 34 heavy (non-hydrogen) atoms. The number of rotatable bonds is 7. The molecule has 0 saturated carbocycles. The maximum atomic E-state index is 13.0. The van der Waals surface area contributed by atoms with E-state index >= 15 is 0 Å². The number of imidazole rings is 1. The Morgan fingerprint density at radius 3 is 2.76 bits per heavy atom. The summed E-state index contributed by atoms with van der Waals surface area (Å²) in [6, 6.07) is 18.9. The van der Waals surface area contributed by atoms with Gasteiger partial charge in [-0.25, -0.2) is 4.98 Å². The molecule has 0 unspecified atom stereocenters. The smallest absolute Gasteiger partial charge is 0.234 e. The van der Waals surface area contributed by atoms with E-state index in [1.54, 1.807) is 0 Å². The highest BCUT2D eigenvalue weighted by Crippen LogP contribution is 2.31. The maximum Gasteiger partial charge on any atom is 0.234 e. The molecule has 0 radical (unpaired) electrons. The van der Waals surface area contributed by atoms with Crippen LogP contribution in [0.2, 0.25) is 0 Å². The van der Waals surface area contributed by atoms with Crippen LogP contribution in [0.4, 0.5) is 0 Å². The third-order valence-corrected chi connectivity index (χ3v) is 7.15. The number of nitrogens with zero attached hydrogens (tertiary/aromatic N) is 2. The van der Waals surface area contributed by atoms with E-state index in [9.17, 15) is 9.59 Å². The van der Waals surface area contributed by atoms with Gasteiger partial charge in [0.2, 0.25) is 11.8 Å². The van der Waals surface area contributed by atoms with E-state index in [-0.39, 0.29) is 29.9 Å². The Hall–Kier alpha value is -3.19. The molecule has 0 bridgehead atoms. The number of aromatic nitrogens is 2. The molecule has 5 rings (SSSR count). The molecule has 2 fully saturated rings. The Morgan fingerprint density at radius 2 is 1.91 bits per heavy atom. The van der Waals surface area contributed by atoms with Crippen LogP contribution < -0.4 is 10.6 Å². The summed E-state index contributed by atoms with van der Waals surface area (Å²) in [5, 5.41) is 6.34. The van der Waals surface area contributed by atoms with Crippen molar-refractivity contribution in [2.45, 2.75) is 63.1 Å². The van der Waals surface area contributed by atoms with Crippen molar-refractivity contribution < 1.29 is 9.59 Å². The fourth-order valence-corrected chi connectivity index (χ4v) is 5.53. The van der Waals surface area contributed by atoms with Gasteiger partial charge in [0, 0.05) is 37.5 Å². The van der Waals surface area contributed by atoms with Crippen LogP contribution in [0, 0.1) is 0 Å². The number of benzene rings is 2. The molecule has 0 spiro atoms. The number of likely N-dealkylation sites (tertiary alicyclic amines) is 1. The predicted molar refractivity (Wildman–Crippen MR) is 132 cm³/mol. The second kappa shape index (κ2) is 10.4. The van der Waals surface area contributed by atoms with Gasteiger partial charge in [0.1, 0.15) is 5.82 Å². The Kier molecular flexibility index (Phi) is 6.90. The third kappa shape index (κ3) is 5.30. The van der Waals surface area contributed by atoms with Crippen molar-refractivity contribution >= 4 is 22.8 Å². The number of H-pyrrole nitrogens is 1. The maximum absolute atomic E-state index is 13.0. The molecule has 7 heteroatoms. The number of hydrogen-bond donors (Lipinski definition) is 3. The monoisotopic (exact) mass is 459 g/mol. The summed E-state index contributed by atoms with van der Waals surface area (Å²) in [6.07, 6.45) is 5.99. The molecule has 178 valence electrons. The average molecular weight is 460 g/mol. The van der Waals surface area contributed by atoms with Crippen molar-refractivity contribution in [3.05, 3.63) is 66.0 Å². The standard InChI is InChI=1S/C27H33N5O2/c33-26-13-7-6-12-24-23(31-26)17-20(16-19-8-2-1-3-9-19)32(24)18-27(34)28-15-14-25-29-21-10-4-5-11-22(21)30-25/h1-5,8-11,20,23-24H,6-7,12-18H2,(H,28,34)(H,29,30)(H,31,33)/t20-,23-,24+/m1/s1. The number of para-hydroxylation sites is 2. The summed E-state index contributed by atoms with van der Waals surface area (Å²) in [5.41, 5.74) is 3.23. The average Bonchev–Trinajstić information content (AvgIpc) is 3.37. The topological polar surface area (TPSA) is 90.1 Å². The van der Waals surface area contributed by atoms with Crippen molar-refractivity contribution in [2.24, 2.45) is 0 Å². The Bertz CT molecular complexity index is 1100. The quantitative estimate of drug-likeness (QED) is 0.507. The first-order valence-corrected chi connectivity index (χ1v) is 12.4. The van der Waals surface area contributed by atoms with Gasteiger partial charge in [0.15, 0.2) is 0 Å². The molecule has 3 heterocycles. The number of carbonyl (C=O) groups is 2. The second-order valence-corrected chi connectivity index (χ2v) is 9.54. The molecular weight excluding hydrogens is 426 g/mol. The molecule has 2 aliphatic rings. The third-order valence-electron chi connectivity index (χ3n) is 7.15. The molecule has 2 aliphatic heterocycles. The largest absolute Gasteiger partial charge is 0.355 e. The summed E-state index contributed by atoms with van der Waals surface area (Å²) in [4.78, 5) is 35.5. The van der Waals surface area contributed by atoms with Gasteiger partial charge in [-0.2, -0.15) is 0 Å². The number of carbonyl (C=O) groups excluding carboxylic acids is 2. The molecule has 2 saturated heterocycles. The number of hydrogen-bond acceptors (Lipinski definition) is 4. The summed E-state index contributed by atoms with van der Waals surface area (Å²) >= 11 is 0. The van der Waals surface area contributed by atoms with Gasteiger partial charge < -0.3 is 15.6 Å². The molecular formula is C27H33N5O2. The Balaban J connectivity index is 1.23. The van der Waals surface area contributed by atoms with E-state index in [1.807, 2.05) is 30.3 Å². The molecule has 2 amide bonds. The van der Waals surface area contributed by atoms with Gasteiger partial charge in [-0.3, -0.25) is 14.5 Å². The molecule has 2 aromatic carbocycles. The molecule has 1 aromatic heterocycles. The van der Waals surface area contributed by atoms with E-state index in [0.717, 1.165) is 49.0 Å². The van der Waals surface area contributed by atoms with Gasteiger partial charge in [0.25, 0.3) is 0 Å². The van der Waals surface area contributed by atoms with Crippen molar-refractivity contribution in [3.8, 4) is 0 Å². The zero-order valence-electron chi connectivity index (χ0n) is 19.5. The second-order valence-electron chi connectivity index (χ2n) is 9.54. The minimum absolute atomic E-state index is 0.0307. The van der Waals surface area contributed by atoms with Crippen LogP contribution in [0.15, 0.2) is 54.6 Å². The van der Waals surface area contributed by atoms with Crippen LogP contribution in [-0.2, 0) is 22.4 Å². The first-order chi connectivity index (χ1) is 16.7. The zero-order chi connectivity index (χ0) is 23.3. The van der Waals surface area contributed by atoms with Crippen molar-refractivity contribution in [3.63, 3.8) is 0 Å². The fraction of sp³-hybridized carbons (Fsp3) is 0.444. The lowest BCUT2D eigenvalue weighted by atomic mass is 9.97. The van der Waals surface area contributed by atoms with Gasteiger partial charge in [0.05, 0.1) is 17.6 Å². The van der Waals surface area contributed by atoms with Gasteiger partial charge in [-0.05, 0) is 43.4 Å². The van der Waals surface area contributed by atoms with Crippen LogP contribution in [-0.4, -0.2) is 57.9 Å². The van der Waals surface area contributed by atoms with Crippen molar-refractivity contribution in [2.75, 3.05) is 13.1 Å². The first-order valence-electron chi connectivity index (χ1n) is 12.4. The van der Waals surface area contributed by atoms with Crippen LogP contribution in [0.25, 0.3) is 11.0 Å². The molecule has 7 nitrogen and oxygen atoms in total. The number of fused-ring (bicyclic) bond motifs is 2. The molecule has 3 atom stereocenters. The van der Waals surface area contributed by atoms with Crippen LogP contribution in [0.5, 0.6) is 0 Å². The summed E-state index contributed by atoms with van der Waals surface area (Å²) in [6.45, 7) is 0.898. The van der Waals surface area contributed by atoms with Crippen molar-refractivity contribution in [1.82, 2.24) is 25.5 Å². The van der Waals surface area contributed by atoms with E-state index in [2.05, 4.69) is 49.8 Å².